The summed E-state index contributed by atoms with van der Waals surface area (Å²) in [5, 5.41) is 11.7. The molecule has 362 valence electrons. The van der Waals surface area contributed by atoms with E-state index < -0.39 is 23.8 Å². The first-order chi connectivity index (χ1) is 29.3. The number of hydrogen-bond donors (Lipinski definition) is 3. The molecule has 3 N–H and O–H groups in total. The van der Waals surface area contributed by atoms with Crippen molar-refractivity contribution in [1.82, 2.24) is 16.0 Å². The molecule has 6 unspecified atom stereocenters. The molecule has 6 rings (SSSR count). The fraction of sp³-hybridized carbons (Fsp3) is 0.944. The first-order valence-electron chi connectivity index (χ1n) is 26.3. The second-order valence-electron chi connectivity index (χ2n) is 26.0. The van der Waals surface area contributed by atoms with E-state index in [1.165, 1.54) is 96.3 Å². The summed E-state index contributed by atoms with van der Waals surface area (Å²) in [6.45, 7) is 26.7. The topological polar surface area (TPSA) is 115 Å². The van der Waals surface area contributed by atoms with Gasteiger partial charge in [-0.25, -0.2) is 0 Å². The fourth-order valence-corrected chi connectivity index (χ4v) is 14.8. The van der Waals surface area contributed by atoms with Crippen LogP contribution in [-0.2, 0) is 28.6 Å². The molecule has 63 heavy (non-hydrogen) atoms. The molecule has 6 atom stereocenters. The SMILES string of the molecule is CC1(C)CC(OC(=O)CC(CC(=O)OC2CC(C)(C)NC(C)(C)C2CC2CCCCC2)C(=O)OC2CC(C)(C)NC(C)(C)C2CC2CCCCC2)C(CC2CCCCC2)C(C)(C)N1. The van der Waals surface area contributed by atoms with Crippen LogP contribution in [0.4, 0.5) is 0 Å². The lowest BCUT2D eigenvalue weighted by Gasteiger charge is -2.53. The van der Waals surface area contributed by atoms with Crippen molar-refractivity contribution in [1.29, 1.82) is 0 Å². The number of carbonyl (C=O) groups excluding carboxylic acids is 3. The van der Waals surface area contributed by atoms with Gasteiger partial charge in [0.05, 0.1) is 18.8 Å². The zero-order chi connectivity index (χ0) is 46.0. The minimum Gasteiger partial charge on any atom is -0.462 e. The molecule has 9 nitrogen and oxygen atoms in total. The van der Waals surface area contributed by atoms with E-state index >= 15 is 0 Å². The molecule has 0 amide bonds. The number of hydrogen-bond acceptors (Lipinski definition) is 9. The summed E-state index contributed by atoms with van der Waals surface area (Å²) >= 11 is 0. The standard InChI is InChI=1S/C54H95N3O6/c1-49(2)33-43(40(52(7,8)55-49)28-36-22-16-13-17-23-36)61-46(58)31-39(48(60)63-45-35-51(5,6)57-54(11,12)42(45)30-38-26-20-15-21-27-38)32-47(59)62-44-34-50(3,4)56-53(9,10)41(44)29-37-24-18-14-19-25-37/h36-45,55-57H,13-35H2,1-12H3. The van der Waals surface area contributed by atoms with Crippen molar-refractivity contribution in [3.8, 4) is 0 Å². The predicted octanol–water partition coefficient (Wildman–Crippen LogP) is 11.5. The Morgan fingerprint density at radius 2 is 0.698 bits per heavy atom. The fourth-order valence-electron chi connectivity index (χ4n) is 14.8. The van der Waals surface area contributed by atoms with Crippen molar-refractivity contribution in [2.45, 2.75) is 282 Å². The highest BCUT2D eigenvalue weighted by Gasteiger charge is 2.52. The maximum atomic E-state index is 14.9. The first-order valence-corrected chi connectivity index (χ1v) is 26.3. The normalized spacial score (nSPS) is 33.7. The van der Waals surface area contributed by atoms with E-state index in [2.05, 4.69) is 99.0 Å². The minimum absolute atomic E-state index is 0.108. The van der Waals surface area contributed by atoms with E-state index in [0.29, 0.717) is 37.0 Å². The third-order valence-electron chi connectivity index (χ3n) is 17.2. The van der Waals surface area contributed by atoms with E-state index in [0.717, 1.165) is 19.3 Å². The molecule has 9 heteroatoms. The summed E-state index contributed by atoms with van der Waals surface area (Å²) in [5.41, 5.74) is -1.45. The van der Waals surface area contributed by atoms with Crippen molar-refractivity contribution >= 4 is 17.9 Å². The van der Waals surface area contributed by atoms with Gasteiger partial charge in [0.2, 0.25) is 0 Å². The monoisotopic (exact) mass is 882 g/mol. The van der Waals surface area contributed by atoms with E-state index in [-0.39, 0.29) is 82.1 Å². The summed E-state index contributed by atoms with van der Waals surface area (Å²) in [7, 11) is 0. The Morgan fingerprint density at radius 1 is 0.429 bits per heavy atom. The molecular weight excluding hydrogens is 787 g/mol. The zero-order valence-electron chi connectivity index (χ0n) is 42.5. The molecule has 6 fully saturated rings. The lowest BCUT2D eigenvalue weighted by atomic mass is 9.67. The van der Waals surface area contributed by atoms with E-state index in [1.807, 2.05) is 0 Å². The molecule has 0 spiro atoms. The third kappa shape index (κ3) is 13.9. The lowest BCUT2D eigenvalue weighted by molar-refractivity contribution is -0.176. The van der Waals surface area contributed by atoms with Crippen LogP contribution in [-0.4, -0.2) is 69.5 Å². The Morgan fingerprint density at radius 3 is 0.984 bits per heavy atom. The Labute approximate surface area is 385 Å². The number of carbonyl (C=O) groups is 3. The minimum atomic E-state index is -1.000. The average Bonchev–Trinajstić information content (AvgIpc) is 3.15. The highest BCUT2D eigenvalue weighted by Crippen LogP contribution is 2.45. The Hall–Kier alpha value is -1.71. The summed E-state index contributed by atoms with van der Waals surface area (Å²) in [4.78, 5) is 43.9. The average molecular weight is 882 g/mol. The molecule has 3 saturated heterocycles. The van der Waals surface area contributed by atoms with Gasteiger partial charge < -0.3 is 30.2 Å². The van der Waals surface area contributed by atoms with Gasteiger partial charge in [0.25, 0.3) is 0 Å². The predicted molar refractivity (Wildman–Crippen MR) is 254 cm³/mol. The third-order valence-corrected chi connectivity index (χ3v) is 17.2. The molecule has 0 aromatic heterocycles. The molecule has 3 aliphatic carbocycles. The van der Waals surface area contributed by atoms with Gasteiger partial charge in [-0.2, -0.15) is 0 Å². The number of rotatable bonds is 14. The first kappa shape index (κ1) is 50.7. The largest absolute Gasteiger partial charge is 0.462 e. The molecule has 0 aromatic rings. The summed E-state index contributed by atoms with van der Waals surface area (Å²) in [6, 6.07) is 0. The van der Waals surface area contributed by atoms with Crippen LogP contribution in [0, 0.1) is 41.4 Å². The summed E-state index contributed by atoms with van der Waals surface area (Å²) in [6.07, 6.45) is 22.6. The van der Waals surface area contributed by atoms with E-state index in [4.69, 9.17) is 14.2 Å². The van der Waals surface area contributed by atoms with Crippen LogP contribution in [0.1, 0.15) is 231 Å². The van der Waals surface area contributed by atoms with Crippen LogP contribution in [0.25, 0.3) is 0 Å². The molecule has 3 saturated carbocycles. The quantitative estimate of drug-likeness (QED) is 0.116. The van der Waals surface area contributed by atoms with E-state index in [9.17, 15) is 14.4 Å². The van der Waals surface area contributed by atoms with Gasteiger partial charge in [0.15, 0.2) is 0 Å². The second kappa shape index (κ2) is 20.3. The highest BCUT2D eigenvalue weighted by molar-refractivity contribution is 5.84. The van der Waals surface area contributed by atoms with Gasteiger partial charge in [-0.3, -0.25) is 14.4 Å². The van der Waals surface area contributed by atoms with Crippen LogP contribution < -0.4 is 16.0 Å². The Bertz CT molecular complexity index is 1460. The summed E-state index contributed by atoms with van der Waals surface area (Å²) in [5.74, 6) is -0.0633. The van der Waals surface area contributed by atoms with Gasteiger partial charge in [0.1, 0.15) is 18.3 Å². The molecule has 3 aliphatic heterocycles. The van der Waals surface area contributed by atoms with Crippen molar-refractivity contribution in [2.24, 2.45) is 41.4 Å². The second-order valence-corrected chi connectivity index (χ2v) is 26.0. The molecule has 6 aliphatic rings. The molecule has 3 heterocycles. The van der Waals surface area contributed by atoms with Crippen molar-refractivity contribution in [2.75, 3.05) is 0 Å². The number of nitrogens with one attached hydrogen (secondary N) is 3. The van der Waals surface area contributed by atoms with Gasteiger partial charge in [-0.15, -0.1) is 0 Å². The van der Waals surface area contributed by atoms with Crippen LogP contribution in [0.2, 0.25) is 0 Å². The molecule has 0 aromatic carbocycles. The van der Waals surface area contributed by atoms with Crippen molar-refractivity contribution in [3.05, 3.63) is 0 Å². The van der Waals surface area contributed by atoms with Crippen molar-refractivity contribution < 1.29 is 28.6 Å². The Kier molecular flexibility index (Phi) is 16.3. The van der Waals surface area contributed by atoms with Crippen molar-refractivity contribution in [3.63, 3.8) is 0 Å². The maximum Gasteiger partial charge on any atom is 0.310 e. The Balaban J connectivity index is 1.25. The van der Waals surface area contributed by atoms with Crippen LogP contribution in [0.15, 0.2) is 0 Å². The van der Waals surface area contributed by atoms with Gasteiger partial charge in [-0.1, -0.05) is 96.3 Å². The summed E-state index contributed by atoms with van der Waals surface area (Å²) < 4.78 is 19.9. The smallest absolute Gasteiger partial charge is 0.310 e. The number of piperidine rings is 3. The molecule has 0 radical (unpaired) electrons. The van der Waals surface area contributed by atoms with Gasteiger partial charge >= 0.3 is 17.9 Å². The number of esters is 3. The van der Waals surface area contributed by atoms with Gasteiger partial charge in [-0.05, 0) is 120 Å². The van der Waals surface area contributed by atoms with E-state index in [1.54, 1.807) is 0 Å². The van der Waals surface area contributed by atoms with Crippen LogP contribution >= 0.6 is 0 Å². The number of ether oxygens (including phenoxy) is 3. The van der Waals surface area contributed by atoms with Crippen LogP contribution in [0.3, 0.4) is 0 Å². The zero-order valence-corrected chi connectivity index (χ0v) is 42.5. The molecule has 0 bridgehead atoms. The molecular formula is C54H95N3O6. The van der Waals surface area contributed by atoms with Crippen LogP contribution in [0.5, 0.6) is 0 Å². The highest BCUT2D eigenvalue weighted by atomic mass is 16.6. The lowest BCUT2D eigenvalue weighted by Crippen LogP contribution is -2.65. The van der Waals surface area contributed by atoms with Gasteiger partial charge in [0, 0.05) is 70.2 Å². The maximum absolute atomic E-state index is 14.9.